The lowest BCUT2D eigenvalue weighted by Gasteiger charge is -2.52. The second kappa shape index (κ2) is 2.03. The third-order valence-corrected chi connectivity index (χ3v) is 3.16. The minimum absolute atomic E-state index is 0.0444. The maximum Gasteiger partial charge on any atom is 0.391 e. The van der Waals surface area contributed by atoms with Gasteiger partial charge in [-0.15, -0.1) is 0 Å². The summed E-state index contributed by atoms with van der Waals surface area (Å²) in [5.41, 5.74) is -0.528. The van der Waals surface area contributed by atoms with E-state index >= 15 is 0 Å². The predicted molar refractivity (Wildman–Crippen MR) is 35.5 cm³/mol. The highest BCUT2D eigenvalue weighted by Gasteiger charge is 2.61. The lowest BCUT2D eigenvalue weighted by atomic mass is 9.51. The number of hydrogen-bond donors (Lipinski definition) is 0. The molecule has 68 valence electrons. The van der Waals surface area contributed by atoms with E-state index < -0.39 is 17.5 Å². The van der Waals surface area contributed by atoms with E-state index in [1.165, 1.54) is 0 Å². The highest BCUT2D eigenvalue weighted by molar-refractivity contribution is 5.91. The Morgan fingerprint density at radius 3 is 2.17 bits per heavy atom. The molecule has 0 aromatic carbocycles. The van der Waals surface area contributed by atoms with Gasteiger partial charge in [0.25, 0.3) is 0 Å². The molecule has 1 spiro atoms. The summed E-state index contributed by atoms with van der Waals surface area (Å²) in [5, 5.41) is 0. The van der Waals surface area contributed by atoms with Gasteiger partial charge in [0.05, 0.1) is 5.92 Å². The van der Waals surface area contributed by atoms with Crippen LogP contribution in [0.4, 0.5) is 13.2 Å². The fourth-order valence-electron chi connectivity index (χ4n) is 2.13. The maximum atomic E-state index is 12.0. The van der Waals surface area contributed by atoms with Gasteiger partial charge in [-0.3, -0.25) is 4.79 Å². The minimum atomic E-state index is -4.08. The van der Waals surface area contributed by atoms with Crippen LogP contribution in [0, 0.1) is 11.3 Å². The van der Waals surface area contributed by atoms with Crippen LogP contribution in [-0.4, -0.2) is 12.0 Å². The Morgan fingerprint density at radius 1 is 1.33 bits per heavy atom. The number of rotatable bonds is 0. The topological polar surface area (TPSA) is 17.1 Å². The zero-order valence-corrected chi connectivity index (χ0v) is 6.45. The van der Waals surface area contributed by atoms with Gasteiger partial charge < -0.3 is 0 Å². The number of carbonyl (C=O) groups is 1. The third kappa shape index (κ3) is 0.898. The van der Waals surface area contributed by atoms with Crippen LogP contribution in [0.15, 0.2) is 0 Å². The Morgan fingerprint density at radius 2 is 1.92 bits per heavy atom. The molecule has 0 N–H and O–H groups in total. The lowest BCUT2D eigenvalue weighted by molar-refractivity contribution is -0.227. The van der Waals surface area contributed by atoms with E-state index in [0.717, 1.165) is 0 Å². The molecule has 0 aromatic rings. The van der Waals surface area contributed by atoms with Gasteiger partial charge in [-0.2, -0.15) is 13.2 Å². The highest BCUT2D eigenvalue weighted by Crippen LogP contribution is 2.60. The molecular weight excluding hydrogens is 169 g/mol. The Bertz CT molecular complexity index is 225. The Balaban J connectivity index is 1.96. The van der Waals surface area contributed by atoms with E-state index in [0.29, 0.717) is 12.8 Å². The lowest BCUT2D eigenvalue weighted by Crippen LogP contribution is -2.54. The molecule has 2 rings (SSSR count). The molecule has 2 saturated carbocycles. The van der Waals surface area contributed by atoms with Gasteiger partial charge in [0.2, 0.25) is 0 Å². The largest absolute Gasteiger partial charge is 0.391 e. The van der Waals surface area contributed by atoms with Crippen molar-refractivity contribution in [1.29, 1.82) is 0 Å². The molecule has 0 unspecified atom stereocenters. The number of halogens is 3. The predicted octanol–water partition coefficient (Wildman–Crippen LogP) is 2.31. The summed E-state index contributed by atoms with van der Waals surface area (Å²) in [6.45, 7) is 0. The fraction of sp³-hybridized carbons (Fsp3) is 0.875. The van der Waals surface area contributed by atoms with Crippen molar-refractivity contribution in [2.24, 2.45) is 11.3 Å². The summed E-state index contributed by atoms with van der Waals surface area (Å²) >= 11 is 0. The van der Waals surface area contributed by atoms with Crippen LogP contribution >= 0.6 is 0 Å². The van der Waals surface area contributed by atoms with Gasteiger partial charge in [0.1, 0.15) is 5.78 Å². The van der Waals surface area contributed by atoms with Gasteiger partial charge in [-0.1, -0.05) is 0 Å². The molecule has 12 heavy (non-hydrogen) atoms. The first kappa shape index (κ1) is 8.08. The second-order valence-corrected chi connectivity index (χ2v) is 3.85. The van der Waals surface area contributed by atoms with Crippen molar-refractivity contribution < 1.29 is 18.0 Å². The van der Waals surface area contributed by atoms with E-state index in [9.17, 15) is 18.0 Å². The van der Waals surface area contributed by atoms with Crippen molar-refractivity contribution in [3.63, 3.8) is 0 Å². The van der Waals surface area contributed by atoms with E-state index in [4.69, 9.17) is 0 Å². The van der Waals surface area contributed by atoms with Crippen molar-refractivity contribution >= 4 is 5.78 Å². The van der Waals surface area contributed by atoms with Gasteiger partial charge in [-0.05, 0) is 19.3 Å². The summed E-state index contributed by atoms with van der Waals surface area (Å²) in [4.78, 5) is 10.9. The molecule has 2 aliphatic carbocycles. The van der Waals surface area contributed by atoms with Gasteiger partial charge in [0.15, 0.2) is 0 Å². The van der Waals surface area contributed by atoms with E-state index in [-0.39, 0.29) is 18.6 Å². The second-order valence-electron chi connectivity index (χ2n) is 3.85. The molecule has 0 saturated heterocycles. The maximum absolute atomic E-state index is 12.0. The molecule has 0 radical (unpaired) electrons. The van der Waals surface area contributed by atoms with Crippen molar-refractivity contribution in [2.45, 2.75) is 31.9 Å². The standard InChI is InChI=1S/C8H9F3O/c9-8(10,11)5-3-7(4-5)2-1-6(7)12/h5H,1-4H2. The number of alkyl halides is 3. The molecule has 0 atom stereocenters. The quantitative estimate of drug-likeness (QED) is 0.556. The van der Waals surface area contributed by atoms with Crippen LogP contribution in [0.25, 0.3) is 0 Å². The Kier molecular flexibility index (Phi) is 1.37. The molecule has 0 heterocycles. The highest BCUT2D eigenvalue weighted by atomic mass is 19.4. The molecular formula is C8H9F3O. The van der Waals surface area contributed by atoms with Crippen LogP contribution in [0.1, 0.15) is 25.7 Å². The van der Waals surface area contributed by atoms with Gasteiger partial charge in [0, 0.05) is 11.8 Å². The van der Waals surface area contributed by atoms with Gasteiger partial charge in [-0.25, -0.2) is 0 Å². The van der Waals surface area contributed by atoms with E-state index in [1.807, 2.05) is 0 Å². The van der Waals surface area contributed by atoms with Crippen LogP contribution < -0.4 is 0 Å². The summed E-state index contributed by atoms with van der Waals surface area (Å²) in [5.74, 6) is -1.16. The van der Waals surface area contributed by atoms with E-state index in [2.05, 4.69) is 0 Å². The SMILES string of the molecule is O=C1CCC12CC(C(F)(F)F)C2. The molecule has 4 heteroatoms. The normalized spacial score (nSPS) is 40.9. The summed E-state index contributed by atoms with van der Waals surface area (Å²) in [6, 6.07) is 0. The molecule has 2 fully saturated rings. The average Bonchev–Trinajstić information content (AvgIpc) is 1.78. The first-order valence-corrected chi connectivity index (χ1v) is 4.04. The number of ketones is 1. The van der Waals surface area contributed by atoms with Crippen molar-refractivity contribution in [3.05, 3.63) is 0 Å². The summed E-state index contributed by atoms with van der Waals surface area (Å²) < 4.78 is 36.1. The smallest absolute Gasteiger partial charge is 0.299 e. The number of Topliss-reactive ketones (excluding diaryl/α,β-unsaturated/α-hetero) is 1. The van der Waals surface area contributed by atoms with Crippen molar-refractivity contribution in [2.75, 3.05) is 0 Å². The van der Waals surface area contributed by atoms with Crippen LogP contribution in [-0.2, 0) is 4.79 Å². The molecule has 0 bridgehead atoms. The monoisotopic (exact) mass is 178 g/mol. The Labute approximate surface area is 67.9 Å². The zero-order valence-electron chi connectivity index (χ0n) is 6.45. The number of hydrogen-bond acceptors (Lipinski definition) is 1. The van der Waals surface area contributed by atoms with Crippen LogP contribution in [0.2, 0.25) is 0 Å². The summed E-state index contributed by atoms with van der Waals surface area (Å²) in [6.07, 6.45) is -2.81. The first-order chi connectivity index (χ1) is 5.44. The molecule has 0 aromatic heterocycles. The number of carbonyl (C=O) groups excluding carboxylic acids is 1. The van der Waals surface area contributed by atoms with E-state index in [1.54, 1.807) is 0 Å². The molecule has 0 aliphatic heterocycles. The average molecular weight is 178 g/mol. The molecule has 1 nitrogen and oxygen atoms in total. The first-order valence-electron chi connectivity index (χ1n) is 4.04. The third-order valence-electron chi connectivity index (χ3n) is 3.16. The molecule has 0 amide bonds. The van der Waals surface area contributed by atoms with Crippen molar-refractivity contribution in [1.82, 2.24) is 0 Å². The van der Waals surface area contributed by atoms with Crippen LogP contribution in [0.5, 0.6) is 0 Å². The van der Waals surface area contributed by atoms with Crippen molar-refractivity contribution in [3.8, 4) is 0 Å². The zero-order chi connectivity index (χ0) is 8.98. The Hall–Kier alpha value is -0.540. The minimum Gasteiger partial charge on any atom is -0.299 e. The fourth-order valence-corrected chi connectivity index (χ4v) is 2.13. The molecule has 2 aliphatic rings. The van der Waals surface area contributed by atoms with Crippen LogP contribution in [0.3, 0.4) is 0 Å². The summed E-state index contributed by atoms with van der Waals surface area (Å²) in [7, 11) is 0. The van der Waals surface area contributed by atoms with Gasteiger partial charge >= 0.3 is 6.18 Å².